The summed E-state index contributed by atoms with van der Waals surface area (Å²) in [5.41, 5.74) is 7.78. The molecule has 3 rings (SSSR count). The number of methoxy groups -OCH3 is 2. The molecule has 3 aromatic rings. The molecule has 0 radical (unpaired) electrons. The Morgan fingerprint density at radius 3 is 2.71 bits per heavy atom. The molecule has 0 bridgehead atoms. The third kappa shape index (κ3) is 5.82. The normalized spacial score (nSPS) is 11.0. The topological polar surface area (TPSA) is 81.8 Å². The molecule has 0 spiro atoms. The molecule has 0 fully saturated rings. The first kappa shape index (κ1) is 22.4. The van der Waals surface area contributed by atoms with Gasteiger partial charge in [0.1, 0.15) is 11.5 Å². The second kappa shape index (κ2) is 10.6. The molecule has 0 aliphatic carbocycles. The summed E-state index contributed by atoms with van der Waals surface area (Å²) in [6, 6.07) is 9.71. The fourth-order valence-electron chi connectivity index (χ4n) is 2.50. The minimum Gasteiger partial charge on any atom is -0.497 e. The van der Waals surface area contributed by atoms with Crippen LogP contribution in [-0.4, -0.2) is 31.7 Å². The van der Waals surface area contributed by atoms with Gasteiger partial charge in [-0.15, -0.1) is 46.7 Å². The van der Waals surface area contributed by atoms with E-state index in [1.165, 1.54) is 9.75 Å². The van der Waals surface area contributed by atoms with Crippen LogP contribution in [0.15, 0.2) is 40.7 Å². The number of aliphatic imine (C=N–C) groups is 1. The molecule has 0 saturated carbocycles. The smallest absolute Gasteiger partial charge is 0.193 e. The maximum Gasteiger partial charge on any atom is 0.193 e. The number of anilines is 1. The maximum atomic E-state index is 6.02. The summed E-state index contributed by atoms with van der Waals surface area (Å²) >= 11 is 3.41. The van der Waals surface area contributed by atoms with Gasteiger partial charge in [0.2, 0.25) is 0 Å². The zero-order valence-corrected chi connectivity index (χ0v) is 19.9. The van der Waals surface area contributed by atoms with Crippen molar-refractivity contribution in [2.24, 2.45) is 10.7 Å². The van der Waals surface area contributed by atoms with E-state index >= 15 is 0 Å². The van der Waals surface area contributed by atoms with Crippen LogP contribution in [0.25, 0.3) is 10.6 Å². The second-order valence-electron chi connectivity index (χ2n) is 5.73. The van der Waals surface area contributed by atoms with Crippen molar-refractivity contribution in [3.05, 3.63) is 45.6 Å². The quantitative estimate of drug-likeness (QED) is 0.261. The van der Waals surface area contributed by atoms with E-state index in [9.17, 15) is 0 Å². The van der Waals surface area contributed by atoms with Gasteiger partial charge in [0, 0.05) is 29.3 Å². The van der Waals surface area contributed by atoms with Gasteiger partial charge in [-0.3, -0.25) is 4.99 Å². The number of aromatic nitrogens is 1. The highest BCUT2D eigenvalue weighted by Crippen LogP contribution is 2.30. The lowest BCUT2D eigenvalue weighted by Crippen LogP contribution is -2.23. The van der Waals surface area contributed by atoms with Crippen molar-refractivity contribution in [2.45, 2.75) is 13.3 Å². The van der Waals surface area contributed by atoms with Crippen LogP contribution in [0.2, 0.25) is 0 Å². The summed E-state index contributed by atoms with van der Waals surface area (Å²) in [5, 5.41) is 6.24. The number of benzene rings is 1. The van der Waals surface area contributed by atoms with Crippen molar-refractivity contribution >= 4 is 58.3 Å². The molecule has 3 N–H and O–H groups in total. The van der Waals surface area contributed by atoms with Crippen LogP contribution in [-0.2, 0) is 6.42 Å². The number of aryl methyl sites for hydroxylation is 1. The largest absolute Gasteiger partial charge is 0.497 e. The van der Waals surface area contributed by atoms with Crippen molar-refractivity contribution in [3.8, 4) is 22.1 Å². The summed E-state index contributed by atoms with van der Waals surface area (Å²) in [6.45, 7) is 2.62. The summed E-state index contributed by atoms with van der Waals surface area (Å²) < 4.78 is 10.6. The van der Waals surface area contributed by atoms with Crippen molar-refractivity contribution in [3.63, 3.8) is 0 Å². The number of guanidine groups is 1. The maximum absolute atomic E-state index is 6.02. The van der Waals surface area contributed by atoms with E-state index < -0.39 is 0 Å². The van der Waals surface area contributed by atoms with Gasteiger partial charge < -0.3 is 20.5 Å². The van der Waals surface area contributed by atoms with Gasteiger partial charge in [-0.05, 0) is 31.2 Å². The third-order valence-corrected chi connectivity index (χ3v) is 5.78. The van der Waals surface area contributed by atoms with Gasteiger partial charge in [0.05, 0.1) is 35.5 Å². The molecule has 150 valence electrons. The summed E-state index contributed by atoms with van der Waals surface area (Å²) in [6.07, 6.45) is 0.825. The van der Waals surface area contributed by atoms with Crippen LogP contribution in [0.4, 0.5) is 5.69 Å². The molecule has 2 aromatic heterocycles. The number of thiophene rings is 1. The van der Waals surface area contributed by atoms with Crippen LogP contribution in [0.5, 0.6) is 11.5 Å². The Morgan fingerprint density at radius 2 is 2.04 bits per heavy atom. The van der Waals surface area contributed by atoms with E-state index in [1.807, 2.05) is 25.1 Å². The molecule has 0 aliphatic rings. The SMILES string of the molecule is COc1ccc(OC)c(NC(N)=NCCc2ccc(-c3csc(C)n3)s2)c1.I. The molecule has 9 heteroatoms. The Bertz CT molecular complexity index is 940. The first-order valence-electron chi connectivity index (χ1n) is 8.39. The lowest BCUT2D eigenvalue weighted by Gasteiger charge is -2.12. The number of hydrogen-bond acceptors (Lipinski definition) is 6. The molecule has 0 saturated heterocycles. The van der Waals surface area contributed by atoms with Gasteiger partial charge in [-0.2, -0.15) is 0 Å². The second-order valence-corrected chi connectivity index (χ2v) is 7.96. The molecule has 6 nitrogen and oxygen atoms in total. The van der Waals surface area contributed by atoms with Gasteiger partial charge in [0.25, 0.3) is 0 Å². The zero-order chi connectivity index (χ0) is 19.2. The van der Waals surface area contributed by atoms with Crippen molar-refractivity contribution in [2.75, 3.05) is 26.1 Å². The Labute approximate surface area is 189 Å². The summed E-state index contributed by atoms with van der Waals surface area (Å²) in [7, 11) is 3.23. The van der Waals surface area contributed by atoms with E-state index in [0.717, 1.165) is 28.6 Å². The van der Waals surface area contributed by atoms with Crippen LogP contribution >= 0.6 is 46.7 Å². The Balaban J connectivity index is 0.00000280. The van der Waals surface area contributed by atoms with Crippen LogP contribution < -0.4 is 20.5 Å². The lowest BCUT2D eigenvalue weighted by atomic mass is 10.2. The zero-order valence-electron chi connectivity index (χ0n) is 15.9. The van der Waals surface area contributed by atoms with Crippen molar-refractivity contribution in [1.82, 2.24) is 4.98 Å². The highest BCUT2D eigenvalue weighted by atomic mass is 127. The fraction of sp³-hybridized carbons (Fsp3) is 0.263. The number of rotatable bonds is 7. The molecular formula is C19H23IN4O2S2. The van der Waals surface area contributed by atoms with Crippen LogP contribution in [0.3, 0.4) is 0 Å². The van der Waals surface area contributed by atoms with E-state index in [2.05, 4.69) is 32.8 Å². The molecule has 0 atom stereocenters. The van der Waals surface area contributed by atoms with Crippen LogP contribution in [0.1, 0.15) is 9.88 Å². The van der Waals surface area contributed by atoms with E-state index in [1.54, 1.807) is 36.9 Å². The highest BCUT2D eigenvalue weighted by Gasteiger charge is 2.07. The first-order valence-corrected chi connectivity index (χ1v) is 10.1. The van der Waals surface area contributed by atoms with E-state index in [4.69, 9.17) is 15.2 Å². The van der Waals surface area contributed by atoms with E-state index in [-0.39, 0.29) is 24.0 Å². The monoisotopic (exact) mass is 530 g/mol. The number of nitrogens with two attached hydrogens (primary N) is 1. The van der Waals surface area contributed by atoms with Gasteiger partial charge in [0.15, 0.2) is 5.96 Å². The molecule has 1 aromatic carbocycles. The Hall–Kier alpha value is -1.85. The molecule has 28 heavy (non-hydrogen) atoms. The van der Waals surface area contributed by atoms with Gasteiger partial charge in [-0.1, -0.05) is 0 Å². The number of ether oxygens (including phenoxy) is 2. The van der Waals surface area contributed by atoms with Gasteiger partial charge in [-0.25, -0.2) is 4.98 Å². The Morgan fingerprint density at radius 1 is 1.21 bits per heavy atom. The molecule has 0 unspecified atom stereocenters. The van der Waals surface area contributed by atoms with Gasteiger partial charge >= 0.3 is 0 Å². The van der Waals surface area contributed by atoms with Crippen molar-refractivity contribution in [1.29, 1.82) is 0 Å². The summed E-state index contributed by atoms with van der Waals surface area (Å²) in [5.74, 6) is 1.73. The average Bonchev–Trinajstić information content (AvgIpc) is 3.30. The predicted molar refractivity (Wildman–Crippen MR) is 129 cm³/mol. The number of nitrogens with zero attached hydrogens (tertiary/aromatic N) is 2. The molecule has 0 amide bonds. The number of thiazole rings is 1. The standard InChI is InChI=1S/C19H22N4O2S2.HI/c1-12-22-16(11-26-12)18-7-5-14(27-18)8-9-21-19(20)23-15-10-13(24-2)4-6-17(15)25-3;/h4-7,10-11H,8-9H2,1-3H3,(H3,20,21,23);1H. The minimum absolute atomic E-state index is 0. The first-order chi connectivity index (χ1) is 13.1. The van der Waals surface area contributed by atoms with Crippen LogP contribution in [0, 0.1) is 6.92 Å². The third-order valence-electron chi connectivity index (χ3n) is 3.84. The predicted octanol–water partition coefficient (Wildman–Crippen LogP) is 4.78. The summed E-state index contributed by atoms with van der Waals surface area (Å²) in [4.78, 5) is 11.4. The molecule has 2 heterocycles. The fourth-order valence-corrected chi connectivity index (χ4v) is 4.15. The Kier molecular flexibility index (Phi) is 8.52. The average molecular weight is 530 g/mol. The van der Waals surface area contributed by atoms with E-state index in [0.29, 0.717) is 18.3 Å². The lowest BCUT2D eigenvalue weighted by molar-refractivity contribution is 0.405. The molecule has 0 aliphatic heterocycles. The number of nitrogens with one attached hydrogen (secondary N) is 1. The number of hydrogen-bond donors (Lipinski definition) is 2. The molecular weight excluding hydrogens is 507 g/mol. The number of halogens is 1. The minimum atomic E-state index is 0. The van der Waals surface area contributed by atoms with Crippen molar-refractivity contribution < 1.29 is 9.47 Å². The highest BCUT2D eigenvalue weighted by molar-refractivity contribution is 14.0.